The van der Waals surface area contributed by atoms with Crippen LogP contribution in [0.2, 0.25) is 0 Å². The van der Waals surface area contributed by atoms with Gasteiger partial charge in [-0.1, -0.05) is 12.1 Å². The van der Waals surface area contributed by atoms with E-state index in [2.05, 4.69) is 4.90 Å². The fourth-order valence-electron chi connectivity index (χ4n) is 5.79. The van der Waals surface area contributed by atoms with Crippen molar-refractivity contribution in [3.8, 4) is 5.75 Å². The second kappa shape index (κ2) is 18.2. The zero-order valence-corrected chi connectivity index (χ0v) is 29.3. The second-order valence-corrected chi connectivity index (χ2v) is 13.4. The van der Waals surface area contributed by atoms with Crippen molar-refractivity contribution in [3.05, 3.63) is 110 Å². The van der Waals surface area contributed by atoms with E-state index in [9.17, 15) is 34.6 Å². The number of hydrogen-bond donors (Lipinski definition) is 0. The number of amides is 2. The number of nitro groups is 2. The van der Waals surface area contributed by atoms with E-state index in [1.54, 1.807) is 23.8 Å². The highest BCUT2D eigenvalue weighted by molar-refractivity contribution is 7.99. The van der Waals surface area contributed by atoms with Gasteiger partial charge in [0.05, 0.1) is 17.0 Å². The molecule has 0 aromatic heterocycles. The van der Waals surface area contributed by atoms with Crippen molar-refractivity contribution < 1.29 is 43.2 Å². The number of carbonyl (C=O) groups excluding carboxylic acids is 3. The minimum absolute atomic E-state index is 0.0124. The second-order valence-electron chi connectivity index (χ2n) is 12.1. The highest BCUT2D eigenvalue weighted by Gasteiger charge is 2.43. The van der Waals surface area contributed by atoms with Gasteiger partial charge in [0.2, 0.25) is 5.91 Å². The molecule has 2 aliphatic rings. The Bertz CT molecular complexity index is 1700. The average Bonchev–Trinajstić information content (AvgIpc) is 3.60. The van der Waals surface area contributed by atoms with Crippen molar-refractivity contribution in [2.24, 2.45) is 0 Å². The Labute approximate surface area is 303 Å². The number of benzene rings is 3. The summed E-state index contributed by atoms with van der Waals surface area (Å²) in [7, 11) is 1.61. The predicted octanol–water partition coefficient (Wildman–Crippen LogP) is 5.02. The number of hydrogen-bond acceptors (Lipinski definition) is 13. The summed E-state index contributed by atoms with van der Waals surface area (Å²) in [6, 6.07) is 18.4. The molecule has 3 aromatic rings. The molecule has 276 valence electrons. The van der Waals surface area contributed by atoms with Crippen LogP contribution in [0.5, 0.6) is 5.75 Å². The van der Waals surface area contributed by atoms with Crippen molar-refractivity contribution in [2.75, 3.05) is 53.0 Å². The molecule has 0 aliphatic carbocycles. The van der Waals surface area contributed by atoms with Gasteiger partial charge in [0, 0.05) is 74.5 Å². The molecule has 2 atom stereocenters. The number of rotatable bonds is 14. The van der Waals surface area contributed by atoms with E-state index >= 15 is 0 Å². The SMILES string of the molecule is COc1ccc(CS[C@H]2C[C@@H](C(=O)N3CCN(CCOC(=O)OCc4ccc([N+](=O)[O-])cc4)CC3)N(C(=O)OCc3ccc([N+](=O)[O-])cc3)C2)cc1. The van der Waals surface area contributed by atoms with E-state index in [1.165, 1.54) is 53.4 Å². The smallest absolute Gasteiger partial charge is 0.497 e. The van der Waals surface area contributed by atoms with E-state index < -0.39 is 28.1 Å². The lowest BCUT2D eigenvalue weighted by Crippen LogP contribution is -2.54. The summed E-state index contributed by atoms with van der Waals surface area (Å²) in [6.45, 7) is 2.60. The number of methoxy groups -OCH3 is 1. The highest BCUT2D eigenvalue weighted by Crippen LogP contribution is 2.32. The van der Waals surface area contributed by atoms with Crippen LogP contribution in [-0.4, -0.2) is 107 Å². The Kier molecular flexibility index (Phi) is 13.2. The van der Waals surface area contributed by atoms with Crippen LogP contribution in [0, 0.1) is 20.2 Å². The number of likely N-dealkylation sites (tertiary alicyclic amines) is 1. The van der Waals surface area contributed by atoms with E-state index in [0.717, 1.165) is 11.3 Å². The Morgan fingerprint density at radius 3 is 1.88 bits per heavy atom. The molecule has 16 nitrogen and oxygen atoms in total. The summed E-state index contributed by atoms with van der Waals surface area (Å²) in [5.41, 5.74) is 2.14. The first-order chi connectivity index (χ1) is 25.1. The Hall–Kier alpha value is -5.42. The molecule has 0 unspecified atom stereocenters. The van der Waals surface area contributed by atoms with Gasteiger partial charge in [-0.2, -0.15) is 11.8 Å². The maximum absolute atomic E-state index is 13.9. The van der Waals surface area contributed by atoms with Gasteiger partial charge in [0.15, 0.2) is 0 Å². The summed E-state index contributed by atoms with van der Waals surface area (Å²) in [5.74, 6) is 1.28. The molecule has 2 fully saturated rings. The normalized spacial score (nSPS) is 17.3. The molecular formula is C35H39N5O11S. The van der Waals surface area contributed by atoms with Crippen LogP contribution < -0.4 is 4.74 Å². The molecule has 3 aromatic carbocycles. The molecule has 5 rings (SSSR count). The molecule has 2 heterocycles. The molecule has 0 bridgehead atoms. The third-order valence-corrected chi connectivity index (χ3v) is 10.1. The van der Waals surface area contributed by atoms with Crippen molar-refractivity contribution in [2.45, 2.75) is 36.7 Å². The van der Waals surface area contributed by atoms with Crippen LogP contribution in [0.25, 0.3) is 0 Å². The van der Waals surface area contributed by atoms with Gasteiger partial charge in [0.25, 0.3) is 11.4 Å². The Balaban J connectivity index is 1.10. The monoisotopic (exact) mass is 737 g/mol. The molecule has 52 heavy (non-hydrogen) atoms. The van der Waals surface area contributed by atoms with Gasteiger partial charge in [-0.3, -0.25) is 34.8 Å². The van der Waals surface area contributed by atoms with Crippen molar-refractivity contribution in [1.82, 2.24) is 14.7 Å². The van der Waals surface area contributed by atoms with Gasteiger partial charge >= 0.3 is 12.2 Å². The minimum atomic E-state index is -0.853. The zero-order valence-electron chi connectivity index (χ0n) is 28.5. The van der Waals surface area contributed by atoms with Crippen molar-refractivity contribution >= 4 is 41.3 Å². The van der Waals surface area contributed by atoms with Crippen molar-refractivity contribution in [3.63, 3.8) is 0 Å². The quantitative estimate of drug-likeness (QED) is 0.122. The predicted molar refractivity (Wildman–Crippen MR) is 189 cm³/mol. The van der Waals surface area contributed by atoms with Gasteiger partial charge in [-0.05, 0) is 59.5 Å². The molecule has 2 aliphatic heterocycles. The number of piperazine rings is 1. The molecule has 0 saturated carbocycles. The molecule has 0 radical (unpaired) electrons. The topological polar surface area (TPSA) is 184 Å². The summed E-state index contributed by atoms with van der Waals surface area (Å²) >= 11 is 1.66. The maximum Gasteiger partial charge on any atom is 0.508 e. The summed E-state index contributed by atoms with van der Waals surface area (Å²) in [4.78, 5) is 65.4. The molecule has 2 amide bonds. The van der Waals surface area contributed by atoms with Gasteiger partial charge in [0.1, 0.15) is 31.6 Å². The average molecular weight is 738 g/mol. The highest BCUT2D eigenvalue weighted by atomic mass is 32.2. The lowest BCUT2D eigenvalue weighted by Gasteiger charge is -2.37. The number of ether oxygens (including phenoxy) is 4. The third kappa shape index (κ3) is 10.6. The standard InChI is InChI=1S/C35H39N5O11S/c1-48-30-12-6-27(7-13-30)24-52-31-20-32(38(21-31)34(42)50-22-25-2-8-28(9-3-25)39(44)45)33(41)37-16-14-36(15-17-37)18-19-49-35(43)51-23-26-4-10-29(11-5-26)40(46)47/h2-13,31-32H,14-24H2,1H3/t31-,32-/m0/s1. The van der Waals surface area contributed by atoms with Gasteiger partial charge < -0.3 is 23.8 Å². The molecular weight excluding hydrogens is 698 g/mol. The number of nitro benzene ring substituents is 2. The zero-order chi connectivity index (χ0) is 37.0. The van der Waals surface area contributed by atoms with E-state index in [-0.39, 0.29) is 42.4 Å². The first kappa shape index (κ1) is 37.8. The summed E-state index contributed by atoms with van der Waals surface area (Å²) in [6.07, 6.45) is -1.02. The van der Waals surface area contributed by atoms with E-state index in [1.807, 2.05) is 24.3 Å². The Morgan fingerprint density at radius 1 is 0.769 bits per heavy atom. The fourth-order valence-corrected chi connectivity index (χ4v) is 7.00. The van der Waals surface area contributed by atoms with Crippen LogP contribution >= 0.6 is 11.8 Å². The largest absolute Gasteiger partial charge is 0.508 e. The lowest BCUT2D eigenvalue weighted by molar-refractivity contribution is -0.385. The lowest BCUT2D eigenvalue weighted by atomic mass is 10.1. The molecule has 0 spiro atoms. The molecule has 17 heteroatoms. The van der Waals surface area contributed by atoms with Gasteiger partial charge in [-0.25, -0.2) is 9.59 Å². The maximum atomic E-state index is 13.9. The van der Waals surface area contributed by atoms with Crippen LogP contribution in [0.4, 0.5) is 21.0 Å². The summed E-state index contributed by atoms with van der Waals surface area (Å²) in [5, 5.41) is 21.8. The molecule has 2 saturated heterocycles. The Morgan fingerprint density at radius 2 is 1.33 bits per heavy atom. The van der Waals surface area contributed by atoms with E-state index in [4.69, 9.17) is 18.9 Å². The van der Waals surface area contributed by atoms with E-state index in [0.29, 0.717) is 62.6 Å². The number of carbonyl (C=O) groups is 3. The fraction of sp³-hybridized carbons (Fsp3) is 0.400. The number of non-ortho nitro benzene ring substituents is 2. The molecule has 0 N–H and O–H groups in total. The van der Waals surface area contributed by atoms with Gasteiger partial charge in [-0.15, -0.1) is 0 Å². The number of thioether (sulfide) groups is 1. The first-order valence-corrected chi connectivity index (χ1v) is 17.6. The third-order valence-electron chi connectivity index (χ3n) is 8.75. The van der Waals surface area contributed by atoms with Crippen LogP contribution in [0.3, 0.4) is 0 Å². The first-order valence-electron chi connectivity index (χ1n) is 16.5. The minimum Gasteiger partial charge on any atom is -0.497 e. The van der Waals surface area contributed by atoms with Crippen LogP contribution in [-0.2, 0) is 38.0 Å². The summed E-state index contributed by atoms with van der Waals surface area (Å²) < 4.78 is 21.1. The van der Waals surface area contributed by atoms with Crippen molar-refractivity contribution in [1.29, 1.82) is 0 Å². The number of nitrogens with zero attached hydrogens (tertiary/aromatic N) is 5. The van der Waals surface area contributed by atoms with Crippen LogP contribution in [0.1, 0.15) is 23.1 Å². The van der Waals surface area contributed by atoms with Crippen LogP contribution in [0.15, 0.2) is 72.8 Å².